The van der Waals surface area contributed by atoms with Crippen molar-refractivity contribution in [3.63, 3.8) is 0 Å². The van der Waals surface area contributed by atoms with Gasteiger partial charge >= 0.3 is 0 Å². The second-order valence-electron chi connectivity index (χ2n) is 4.61. The summed E-state index contributed by atoms with van der Waals surface area (Å²) in [6.45, 7) is 4.65. The zero-order valence-corrected chi connectivity index (χ0v) is 8.79. The van der Waals surface area contributed by atoms with E-state index in [1.165, 1.54) is 25.7 Å². The molecule has 0 aromatic heterocycles. The van der Waals surface area contributed by atoms with E-state index in [1.807, 2.05) is 0 Å². The summed E-state index contributed by atoms with van der Waals surface area (Å²) < 4.78 is 0. The third kappa shape index (κ3) is 2.04. The summed E-state index contributed by atoms with van der Waals surface area (Å²) in [6, 6.07) is 0. The molecule has 1 saturated carbocycles. The lowest BCUT2D eigenvalue weighted by Gasteiger charge is -2.22. The van der Waals surface area contributed by atoms with Gasteiger partial charge in [-0.05, 0) is 42.6 Å². The predicted molar refractivity (Wildman–Crippen MR) is 57.5 cm³/mol. The van der Waals surface area contributed by atoms with Gasteiger partial charge in [-0.15, -0.1) is 0 Å². The first-order valence-electron chi connectivity index (χ1n) is 5.71. The van der Waals surface area contributed by atoms with Crippen molar-refractivity contribution < 1.29 is 0 Å². The van der Waals surface area contributed by atoms with Crippen LogP contribution >= 0.6 is 0 Å². The average Bonchev–Trinajstić information content (AvgIpc) is 2.91. The fraction of sp³-hybridized carbons (Fsp3) is 0.692. The molecule has 13 heavy (non-hydrogen) atoms. The lowest BCUT2D eigenvalue weighted by molar-refractivity contribution is 0.462. The molecule has 0 saturated heterocycles. The highest BCUT2D eigenvalue weighted by Crippen LogP contribution is 2.40. The minimum atomic E-state index is 0.778. The lowest BCUT2D eigenvalue weighted by atomic mass is 9.83. The van der Waals surface area contributed by atoms with Crippen LogP contribution in [0.15, 0.2) is 23.8 Å². The van der Waals surface area contributed by atoms with Gasteiger partial charge in [0, 0.05) is 0 Å². The molecule has 0 bridgehead atoms. The van der Waals surface area contributed by atoms with Gasteiger partial charge in [-0.1, -0.05) is 38.5 Å². The van der Waals surface area contributed by atoms with Gasteiger partial charge in [0.1, 0.15) is 0 Å². The van der Waals surface area contributed by atoms with Crippen molar-refractivity contribution in [3.8, 4) is 0 Å². The van der Waals surface area contributed by atoms with Crippen LogP contribution in [0.25, 0.3) is 0 Å². The Morgan fingerprint density at radius 2 is 2.15 bits per heavy atom. The Morgan fingerprint density at radius 3 is 2.69 bits per heavy atom. The Bertz CT molecular complexity index is 230. The van der Waals surface area contributed by atoms with Crippen LogP contribution in [-0.2, 0) is 0 Å². The molecular weight excluding hydrogens is 156 g/mol. The zero-order chi connectivity index (χ0) is 9.26. The van der Waals surface area contributed by atoms with Crippen LogP contribution < -0.4 is 0 Å². The van der Waals surface area contributed by atoms with Crippen molar-refractivity contribution in [1.29, 1.82) is 0 Å². The number of allylic oxidation sites excluding steroid dienone is 4. The molecule has 0 radical (unpaired) electrons. The largest absolute Gasteiger partial charge is 0.0806 e. The SMILES string of the molecule is CCCC1C=CC(C2CC2)=CC1C. The molecule has 0 nitrogen and oxygen atoms in total. The summed E-state index contributed by atoms with van der Waals surface area (Å²) in [4.78, 5) is 0. The molecule has 0 aromatic carbocycles. The van der Waals surface area contributed by atoms with Gasteiger partial charge in [0.15, 0.2) is 0 Å². The molecule has 0 aliphatic heterocycles. The minimum Gasteiger partial charge on any atom is -0.0806 e. The lowest BCUT2D eigenvalue weighted by Crippen LogP contribution is -2.11. The Balaban J connectivity index is 1.98. The Morgan fingerprint density at radius 1 is 1.38 bits per heavy atom. The van der Waals surface area contributed by atoms with Gasteiger partial charge in [-0.2, -0.15) is 0 Å². The van der Waals surface area contributed by atoms with E-state index >= 15 is 0 Å². The number of rotatable bonds is 3. The van der Waals surface area contributed by atoms with Gasteiger partial charge in [-0.25, -0.2) is 0 Å². The van der Waals surface area contributed by atoms with Gasteiger partial charge in [0.05, 0.1) is 0 Å². The monoisotopic (exact) mass is 176 g/mol. The van der Waals surface area contributed by atoms with Crippen LogP contribution in [0.5, 0.6) is 0 Å². The summed E-state index contributed by atoms with van der Waals surface area (Å²) in [5.41, 5.74) is 1.62. The summed E-state index contributed by atoms with van der Waals surface area (Å²) in [6.07, 6.45) is 12.9. The highest BCUT2D eigenvalue weighted by molar-refractivity contribution is 5.30. The molecule has 2 rings (SSSR count). The second kappa shape index (κ2) is 3.69. The van der Waals surface area contributed by atoms with E-state index in [0.717, 1.165) is 17.8 Å². The fourth-order valence-corrected chi connectivity index (χ4v) is 2.27. The fourth-order valence-electron chi connectivity index (χ4n) is 2.27. The van der Waals surface area contributed by atoms with Crippen LogP contribution in [0.1, 0.15) is 39.5 Å². The summed E-state index contributed by atoms with van der Waals surface area (Å²) in [7, 11) is 0. The molecule has 2 aliphatic rings. The summed E-state index contributed by atoms with van der Waals surface area (Å²) in [5, 5.41) is 0. The third-order valence-electron chi connectivity index (χ3n) is 3.34. The normalized spacial score (nSPS) is 33.2. The Hall–Kier alpha value is -0.520. The standard InChI is InChI=1S/C13H20/c1-3-4-11-5-8-13(9-10(11)2)12-6-7-12/h5,8-12H,3-4,6-7H2,1-2H3. The Labute approximate surface area is 81.7 Å². The maximum absolute atomic E-state index is 2.51. The quantitative estimate of drug-likeness (QED) is 0.611. The van der Waals surface area contributed by atoms with E-state index in [4.69, 9.17) is 0 Å². The van der Waals surface area contributed by atoms with Crippen molar-refractivity contribution in [1.82, 2.24) is 0 Å². The molecule has 2 aliphatic carbocycles. The molecule has 0 N–H and O–H groups in total. The van der Waals surface area contributed by atoms with Gasteiger partial charge in [0.2, 0.25) is 0 Å². The van der Waals surface area contributed by atoms with E-state index in [2.05, 4.69) is 32.1 Å². The zero-order valence-electron chi connectivity index (χ0n) is 8.79. The molecule has 0 aromatic rings. The summed E-state index contributed by atoms with van der Waals surface area (Å²) in [5.74, 6) is 2.52. The molecule has 2 unspecified atom stereocenters. The first-order chi connectivity index (χ1) is 6.31. The van der Waals surface area contributed by atoms with Crippen molar-refractivity contribution >= 4 is 0 Å². The van der Waals surface area contributed by atoms with Crippen LogP contribution in [0.4, 0.5) is 0 Å². The van der Waals surface area contributed by atoms with E-state index in [0.29, 0.717) is 0 Å². The van der Waals surface area contributed by atoms with E-state index in [9.17, 15) is 0 Å². The first kappa shape index (κ1) is 9.05. The highest BCUT2D eigenvalue weighted by atomic mass is 14.3. The van der Waals surface area contributed by atoms with Crippen LogP contribution in [0, 0.1) is 17.8 Å². The maximum Gasteiger partial charge on any atom is -0.0165 e. The first-order valence-corrected chi connectivity index (χ1v) is 5.71. The van der Waals surface area contributed by atoms with Gasteiger partial charge in [-0.3, -0.25) is 0 Å². The molecule has 0 heteroatoms. The van der Waals surface area contributed by atoms with Crippen molar-refractivity contribution in [2.24, 2.45) is 17.8 Å². The maximum atomic E-state index is 2.51. The minimum absolute atomic E-state index is 0.778. The predicted octanol–water partition coefficient (Wildman–Crippen LogP) is 3.95. The van der Waals surface area contributed by atoms with E-state index in [1.54, 1.807) is 5.57 Å². The van der Waals surface area contributed by atoms with Crippen molar-refractivity contribution in [2.45, 2.75) is 39.5 Å². The van der Waals surface area contributed by atoms with Crippen LogP contribution in [0.2, 0.25) is 0 Å². The number of hydrogen-bond acceptors (Lipinski definition) is 0. The molecule has 0 amide bonds. The smallest absolute Gasteiger partial charge is 0.0165 e. The second-order valence-corrected chi connectivity index (χ2v) is 4.61. The molecular formula is C13H20. The molecule has 0 spiro atoms. The number of hydrogen-bond donors (Lipinski definition) is 0. The van der Waals surface area contributed by atoms with Crippen LogP contribution in [0.3, 0.4) is 0 Å². The molecule has 2 atom stereocenters. The average molecular weight is 176 g/mol. The molecule has 1 fully saturated rings. The summed E-state index contributed by atoms with van der Waals surface area (Å²) >= 11 is 0. The van der Waals surface area contributed by atoms with Crippen molar-refractivity contribution in [2.75, 3.05) is 0 Å². The third-order valence-corrected chi connectivity index (χ3v) is 3.34. The van der Waals surface area contributed by atoms with Crippen molar-refractivity contribution in [3.05, 3.63) is 23.8 Å². The van der Waals surface area contributed by atoms with E-state index in [-0.39, 0.29) is 0 Å². The Kier molecular flexibility index (Phi) is 2.57. The highest BCUT2D eigenvalue weighted by Gasteiger charge is 2.27. The molecule has 0 heterocycles. The van der Waals surface area contributed by atoms with Gasteiger partial charge < -0.3 is 0 Å². The van der Waals surface area contributed by atoms with Crippen LogP contribution in [-0.4, -0.2) is 0 Å². The topological polar surface area (TPSA) is 0 Å². The molecule has 72 valence electrons. The van der Waals surface area contributed by atoms with E-state index < -0.39 is 0 Å². The van der Waals surface area contributed by atoms with Gasteiger partial charge in [0.25, 0.3) is 0 Å².